The van der Waals surface area contributed by atoms with Crippen LogP contribution in [0.15, 0.2) is 73.4 Å². The van der Waals surface area contributed by atoms with Crippen molar-refractivity contribution in [2.75, 3.05) is 20.2 Å². The topological polar surface area (TPSA) is 95.3 Å². The van der Waals surface area contributed by atoms with Crippen LogP contribution in [-0.2, 0) is 0 Å². The molecule has 1 aromatic carbocycles. The third-order valence-corrected chi connectivity index (χ3v) is 5.87. The quantitative estimate of drug-likeness (QED) is 0.434. The summed E-state index contributed by atoms with van der Waals surface area (Å²) in [5.74, 6) is 2.73. The van der Waals surface area contributed by atoms with E-state index in [1.54, 1.807) is 48.7 Å². The molecule has 1 aliphatic rings. The van der Waals surface area contributed by atoms with E-state index in [2.05, 4.69) is 20.1 Å². The molecule has 0 spiro atoms. The highest BCUT2D eigenvalue weighted by Gasteiger charge is 2.28. The van der Waals surface area contributed by atoms with Gasteiger partial charge >= 0.3 is 0 Å². The van der Waals surface area contributed by atoms with Crippen LogP contribution in [0.1, 0.15) is 34.8 Å². The summed E-state index contributed by atoms with van der Waals surface area (Å²) in [7, 11) is 1.63. The van der Waals surface area contributed by atoms with Crippen molar-refractivity contribution in [3.8, 4) is 23.2 Å². The van der Waals surface area contributed by atoms with Crippen molar-refractivity contribution >= 4 is 5.91 Å². The Morgan fingerprint density at radius 2 is 1.71 bits per heavy atom. The molecule has 1 amide bonds. The van der Waals surface area contributed by atoms with Crippen molar-refractivity contribution in [3.63, 3.8) is 0 Å². The van der Waals surface area contributed by atoms with E-state index in [4.69, 9.17) is 9.47 Å². The summed E-state index contributed by atoms with van der Waals surface area (Å²) in [5, 5.41) is 4.16. The van der Waals surface area contributed by atoms with Crippen LogP contribution in [0.3, 0.4) is 0 Å². The molecule has 0 bridgehead atoms. The van der Waals surface area contributed by atoms with Gasteiger partial charge in [0, 0.05) is 50.0 Å². The summed E-state index contributed by atoms with van der Waals surface area (Å²) in [6, 6.07) is 12.8. The monoisotopic (exact) mass is 456 g/mol. The number of piperidine rings is 1. The summed E-state index contributed by atoms with van der Waals surface area (Å²) < 4.78 is 12.9. The number of hydrogen-bond acceptors (Lipinski definition) is 7. The van der Waals surface area contributed by atoms with Gasteiger partial charge in [-0.1, -0.05) is 0 Å². The predicted molar refractivity (Wildman–Crippen MR) is 124 cm³/mol. The van der Waals surface area contributed by atoms with Gasteiger partial charge in [0.1, 0.15) is 17.2 Å². The summed E-state index contributed by atoms with van der Waals surface area (Å²) in [4.78, 5) is 28.2. The summed E-state index contributed by atoms with van der Waals surface area (Å²) in [6.45, 7) is 1.26. The number of likely N-dealkylation sites (tertiary alicyclic amines) is 1. The predicted octanol–water partition coefficient (Wildman–Crippen LogP) is 3.88. The molecule has 0 aliphatic carbocycles. The normalized spacial score (nSPS) is 14.1. The first kappa shape index (κ1) is 21.6. The number of ether oxygens (including phenoxy) is 2. The second kappa shape index (κ2) is 9.70. The number of nitrogens with zero attached hydrogens (tertiary/aromatic N) is 6. The average molecular weight is 457 g/mol. The molecule has 0 radical (unpaired) electrons. The van der Waals surface area contributed by atoms with Crippen molar-refractivity contribution < 1.29 is 14.3 Å². The third-order valence-electron chi connectivity index (χ3n) is 5.87. The van der Waals surface area contributed by atoms with E-state index in [0.29, 0.717) is 36.1 Å². The number of carbonyl (C=O) groups excluding carboxylic acids is 1. The highest BCUT2D eigenvalue weighted by molar-refractivity contribution is 5.94. The first-order valence-electron chi connectivity index (χ1n) is 11.1. The maximum Gasteiger partial charge on any atom is 0.255 e. The van der Waals surface area contributed by atoms with Crippen LogP contribution in [0.2, 0.25) is 0 Å². The first-order chi connectivity index (χ1) is 16.7. The lowest BCUT2D eigenvalue weighted by atomic mass is 9.93. The molecule has 1 aliphatic heterocycles. The molecule has 0 atom stereocenters. The van der Waals surface area contributed by atoms with E-state index in [9.17, 15) is 4.79 Å². The Kier molecular flexibility index (Phi) is 6.15. The van der Waals surface area contributed by atoms with Crippen LogP contribution in [0, 0.1) is 0 Å². The molecular weight excluding hydrogens is 432 g/mol. The molecular formula is C25H24N6O3. The van der Waals surface area contributed by atoms with Gasteiger partial charge in [-0.25, -0.2) is 14.6 Å². The zero-order chi connectivity index (χ0) is 23.3. The molecule has 0 N–H and O–H groups in total. The highest BCUT2D eigenvalue weighted by Crippen LogP contribution is 2.34. The fourth-order valence-electron chi connectivity index (χ4n) is 4.04. The van der Waals surface area contributed by atoms with Crippen LogP contribution in [0.5, 0.6) is 17.4 Å². The summed E-state index contributed by atoms with van der Waals surface area (Å²) in [5.41, 5.74) is 1.38. The van der Waals surface area contributed by atoms with E-state index < -0.39 is 0 Å². The van der Waals surface area contributed by atoms with Gasteiger partial charge in [0.2, 0.25) is 5.88 Å². The van der Waals surface area contributed by atoms with Gasteiger partial charge < -0.3 is 14.4 Å². The largest absolute Gasteiger partial charge is 0.497 e. The fraction of sp³-hybridized carbons (Fsp3) is 0.240. The van der Waals surface area contributed by atoms with Gasteiger partial charge in [-0.2, -0.15) is 5.10 Å². The minimum absolute atomic E-state index is 0.0215. The van der Waals surface area contributed by atoms with Gasteiger partial charge in [0.25, 0.3) is 5.91 Å². The highest BCUT2D eigenvalue weighted by atomic mass is 16.5. The second-order valence-corrected chi connectivity index (χ2v) is 7.95. The Hall–Kier alpha value is -4.27. The van der Waals surface area contributed by atoms with Crippen LogP contribution in [-0.4, -0.2) is 55.7 Å². The molecule has 3 aromatic heterocycles. The van der Waals surface area contributed by atoms with Crippen LogP contribution in [0.4, 0.5) is 0 Å². The average Bonchev–Trinajstić information content (AvgIpc) is 3.45. The lowest BCUT2D eigenvalue weighted by Gasteiger charge is -2.32. The number of aromatic nitrogens is 5. The molecule has 172 valence electrons. The fourth-order valence-corrected chi connectivity index (χ4v) is 4.04. The lowest BCUT2D eigenvalue weighted by Crippen LogP contribution is -2.38. The lowest BCUT2D eigenvalue weighted by molar-refractivity contribution is 0.0711. The van der Waals surface area contributed by atoms with E-state index in [1.807, 2.05) is 41.4 Å². The number of pyridine rings is 1. The van der Waals surface area contributed by atoms with Gasteiger partial charge in [-0.3, -0.25) is 9.78 Å². The summed E-state index contributed by atoms with van der Waals surface area (Å²) in [6.07, 6.45) is 9.98. The van der Waals surface area contributed by atoms with Gasteiger partial charge in [-0.05, 0) is 55.3 Å². The number of rotatable bonds is 6. The van der Waals surface area contributed by atoms with Crippen LogP contribution in [0.25, 0.3) is 5.82 Å². The van der Waals surface area contributed by atoms with Crippen LogP contribution >= 0.6 is 0 Å². The van der Waals surface area contributed by atoms with Crippen LogP contribution < -0.4 is 9.47 Å². The molecule has 9 heteroatoms. The smallest absolute Gasteiger partial charge is 0.255 e. The van der Waals surface area contributed by atoms with Gasteiger partial charge in [0.15, 0.2) is 5.82 Å². The number of amides is 1. The maximum atomic E-state index is 13.0. The first-order valence-corrected chi connectivity index (χ1v) is 11.1. The zero-order valence-corrected chi connectivity index (χ0v) is 18.7. The third kappa shape index (κ3) is 4.59. The van der Waals surface area contributed by atoms with Crippen molar-refractivity contribution in [3.05, 3.63) is 84.7 Å². The zero-order valence-electron chi connectivity index (χ0n) is 18.7. The van der Waals surface area contributed by atoms with Crippen molar-refractivity contribution in [2.24, 2.45) is 0 Å². The van der Waals surface area contributed by atoms with Crippen molar-refractivity contribution in [1.29, 1.82) is 0 Å². The number of carbonyl (C=O) groups is 1. The Bertz CT molecular complexity index is 1230. The molecule has 4 aromatic rings. The molecule has 5 rings (SSSR count). The van der Waals surface area contributed by atoms with E-state index in [-0.39, 0.29) is 11.8 Å². The summed E-state index contributed by atoms with van der Waals surface area (Å²) >= 11 is 0. The Labute approximate surface area is 197 Å². The molecule has 1 fully saturated rings. The van der Waals surface area contributed by atoms with E-state index in [0.717, 1.165) is 24.3 Å². The molecule has 4 heterocycles. The molecule has 0 saturated carbocycles. The number of hydrogen-bond donors (Lipinski definition) is 0. The molecule has 0 unspecified atom stereocenters. The number of methoxy groups -OCH3 is 1. The Morgan fingerprint density at radius 3 is 2.38 bits per heavy atom. The Morgan fingerprint density at radius 1 is 0.941 bits per heavy atom. The van der Waals surface area contributed by atoms with Gasteiger partial charge in [-0.15, -0.1) is 0 Å². The van der Waals surface area contributed by atoms with Crippen molar-refractivity contribution in [1.82, 2.24) is 29.6 Å². The van der Waals surface area contributed by atoms with E-state index in [1.165, 1.54) is 0 Å². The standard InChI is InChI=1S/C25H24N6O3/c1-33-20-4-6-21(7-5-20)34-24-23(26-12-13-27-24)18-9-15-30(16-10-18)25(32)19-3-8-22(28-17-19)31-14-2-11-29-31/h2-8,11-14,17-18H,9-10,15-16H2,1H3. The molecule has 34 heavy (non-hydrogen) atoms. The van der Waals surface area contributed by atoms with E-state index >= 15 is 0 Å². The Balaban J connectivity index is 1.23. The maximum absolute atomic E-state index is 13.0. The van der Waals surface area contributed by atoms with Gasteiger partial charge in [0.05, 0.1) is 12.7 Å². The van der Waals surface area contributed by atoms with Crippen molar-refractivity contribution in [2.45, 2.75) is 18.8 Å². The molecule has 1 saturated heterocycles. The number of benzene rings is 1. The minimum atomic E-state index is -0.0215. The molecule has 9 nitrogen and oxygen atoms in total. The second-order valence-electron chi connectivity index (χ2n) is 7.95. The SMILES string of the molecule is COc1ccc(Oc2nccnc2C2CCN(C(=O)c3ccc(-n4cccn4)nc3)CC2)cc1. The minimum Gasteiger partial charge on any atom is -0.497 e.